The van der Waals surface area contributed by atoms with Crippen molar-refractivity contribution in [3.8, 4) is 11.1 Å². The minimum absolute atomic E-state index is 0.0437. The van der Waals surface area contributed by atoms with Gasteiger partial charge in [0.25, 0.3) is 5.91 Å². The van der Waals surface area contributed by atoms with Gasteiger partial charge >= 0.3 is 0 Å². The molecule has 1 saturated heterocycles. The van der Waals surface area contributed by atoms with Gasteiger partial charge in [-0.3, -0.25) is 9.78 Å². The smallest absolute Gasteiger partial charge is 0.253 e. The van der Waals surface area contributed by atoms with E-state index in [2.05, 4.69) is 11.1 Å². The van der Waals surface area contributed by atoms with Crippen molar-refractivity contribution in [1.29, 1.82) is 0 Å². The standard InChI is InChI=1S/C22H19FN2O/c23-21-5-1-3-18(13-21)16-6-8-17(9-7-16)22(26)25-12-10-20(15-25)19-4-2-11-24-14-19/h1-9,11,13-14,20H,10,12,15H2. The maximum Gasteiger partial charge on any atom is 0.253 e. The van der Waals surface area contributed by atoms with E-state index in [-0.39, 0.29) is 11.7 Å². The number of pyridine rings is 1. The first-order chi connectivity index (χ1) is 12.7. The van der Waals surface area contributed by atoms with E-state index in [0.717, 1.165) is 30.6 Å². The molecule has 0 N–H and O–H groups in total. The minimum atomic E-state index is -0.263. The molecular formula is C22H19FN2O. The Hall–Kier alpha value is -3.01. The topological polar surface area (TPSA) is 33.2 Å². The van der Waals surface area contributed by atoms with Crippen molar-refractivity contribution < 1.29 is 9.18 Å². The van der Waals surface area contributed by atoms with Gasteiger partial charge in [0, 0.05) is 37.0 Å². The van der Waals surface area contributed by atoms with Crippen molar-refractivity contribution in [3.63, 3.8) is 0 Å². The van der Waals surface area contributed by atoms with Gasteiger partial charge in [-0.15, -0.1) is 0 Å². The number of likely N-dealkylation sites (tertiary alicyclic amines) is 1. The summed E-state index contributed by atoms with van der Waals surface area (Å²) in [6, 6.07) is 17.9. The van der Waals surface area contributed by atoms with Gasteiger partial charge in [0.05, 0.1) is 0 Å². The highest BCUT2D eigenvalue weighted by atomic mass is 19.1. The Morgan fingerprint density at radius 2 is 1.88 bits per heavy atom. The van der Waals surface area contributed by atoms with Crippen LogP contribution >= 0.6 is 0 Å². The Labute approximate surface area is 152 Å². The van der Waals surface area contributed by atoms with Crippen molar-refractivity contribution in [2.24, 2.45) is 0 Å². The van der Waals surface area contributed by atoms with E-state index in [9.17, 15) is 9.18 Å². The predicted octanol–water partition coefficient (Wildman–Crippen LogP) is 4.52. The monoisotopic (exact) mass is 346 g/mol. The number of amides is 1. The molecule has 2 aromatic carbocycles. The van der Waals surface area contributed by atoms with Crippen molar-refractivity contribution in [2.45, 2.75) is 12.3 Å². The van der Waals surface area contributed by atoms with Crippen molar-refractivity contribution >= 4 is 5.91 Å². The number of hydrogen-bond donors (Lipinski definition) is 0. The second-order valence-corrected chi connectivity index (χ2v) is 6.61. The molecule has 0 aliphatic carbocycles. The number of halogens is 1. The highest BCUT2D eigenvalue weighted by molar-refractivity contribution is 5.95. The third kappa shape index (κ3) is 3.36. The van der Waals surface area contributed by atoms with E-state index in [1.165, 1.54) is 17.7 Å². The summed E-state index contributed by atoms with van der Waals surface area (Å²) in [4.78, 5) is 18.8. The van der Waals surface area contributed by atoms with Gasteiger partial charge in [-0.25, -0.2) is 4.39 Å². The molecule has 3 aromatic rings. The molecule has 130 valence electrons. The number of rotatable bonds is 3. The van der Waals surface area contributed by atoms with E-state index in [1.54, 1.807) is 12.3 Å². The van der Waals surface area contributed by atoms with Crippen LogP contribution in [0.1, 0.15) is 28.3 Å². The Morgan fingerprint density at radius 1 is 1.04 bits per heavy atom. The van der Waals surface area contributed by atoms with Gasteiger partial charge in [-0.2, -0.15) is 0 Å². The zero-order chi connectivity index (χ0) is 17.9. The zero-order valence-corrected chi connectivity index (χ0v) is 14.3. The van der Waals surface area contributed by atoms with Crippen LogP contribution in [0.4, 0.5) is 4.39 Å². The van der Waals surface area contributed by atoms with Gasteiger partial charge in [0.2, 0.25) is 0 Å². The Morgan fingerprint density at radius 3 is 2.62 bits per heavy atom. The van der Waals surface area contributed by atoms with E-state index in [1.807, 2.05) is 47.5 Å². The second kappa shape index (κ2) is 7.08. The Kier molecular flexibility index (Phi) is 4.48. The average Bonchev–Trinajstić information content (AvgIpc) is 3.18. The number of benzene rings is 2. The SMILES string of the molecule is O=C(c1ccc(-c2cccc(F)c2)cc1)N1CCC(c2cccnc2)C1. The van der Waals surface area contributed by atoms with E-state index < -0.39 is 0 Å². The normalized spacial score (nSPS) is 16.7. The second-order valence-electron chi connectivity index (χ2n) is 6.61. The lowest BCUT2D eigenvalue weighted by atomic mass is 10.0. The summed E-state index contributed by atoms with van der Waals surface area (Å²) in [5, 5.41) is 0. The summed E-state index contributed by atoms with van der Waals surface area (Å²) in [6.45, 7) is 1.47. The zero-order valence-electron chi connectivity index (χ0n) is 14.3. The van der Waals surface area contributed by atoms with Crippen molar-refractivity contribution in [1.82, 2.24) is 9.88 Å². The lowest BCUT2D eigenvalue weighted by Gasteiger charge is -2.17. The predicted molar refractivity (Wildman–Crippen MR) is 99.3 cm³/mol. The number of carbonyl (C=O) groups is 1. The lowest BCUT2D eigenvalue weighted by Crippen LogP contribution is -2.28. The summed E-state index contributed by atoms with van der Waals surface area (Å²) in [6.07, 6.45) is 4.60. The van der Waals surface area contributed by atoms with Crippen LogP contribution < -0.4 is 0 Å². The molecule has 0 saturated carbocycles. The fourth-order valence-corrected chi connectivity index (χ4v) is 3.49. The van der Waals surface area contributed by atoms with E-state index in [4.69, 9.17) is 0 Å². The molecule has 1 fully saturated rings. The molecule has 4 rings (SSSR count). The number of aromatic nitrogens is 1. The van der Waals surface area contributed by atoms with Gasteiger partial charge < -0.3 is 4.90 Å². The van der Waals surface area contributed by atoms with Crippen LogP contribution in [0.15, 0.2) is 73.1 Å². The van der Waals surface area contributed by atoms with Crippen LogP contribution in [0.3, 0.4) is 0 Å². The van der Waals surface area contributed by atoms with Gasteiger partial charge in [0.1, 0.15) is 5.82 Å². The molecule has 3 nitrogen and oxygen atoms in total. The van der Waals surface area contributed by atoms with Gasteiger partial charge in [0.15, 0.2) is 0 Å². The summed E-state index contributed by atoms with van der Waals surface area (Å²) in [5.74, 6) is 0.127. The molecule has 1 aliphatic heterocycles. The van der Waals surface area contributed by atoms with E-state index in [0.29, 0.717) is 11.5 Å². The Balaban J connectivity index is 1.47. The maximum atomic E-state index is 13.4. The maximum absolute atomic E-state index is 13.4. The molecular weight excluding hydrogens is 327 g/mol. The number of carbonyl (C=O) groups excluding carboxylic acids is 1. The number of nitrogens with zero attached hydrogens (tertiary/aromatic N) is 2. The fraction of sp³-hybridized carbons (Fsp3) is 0.182. The van der Waals surface area contributed by atoms with E-state index >= 15 is 0 Å². The molecule has 2 heterocycles. The van der Waals surface area contributed by atoms with Crippen LogP contribution in [0.25, 0.3) is 11.1 Å². The first-order valence-electron chi connectivity index (χ1n) is 8.76. The fourth-order valence-electron chi connectivity index (χ4n) is 3.49. The molecule has 0 bridgehead atoms. The van der Waals surface area contributed by atoms with Gasteiger partial charge in [-0.1, -0.05) is 30.3 Å². The number of hydrogen-bond acceptors (Lipinski definition) is 2. The molecule has 1 atom stereocenters. The van der Waals surface area contributed by atoms with Crippen molar-refractivity contribution in [2.75, 3.05) is 13.1 Å². The molecule has 0 radical (unpaired) electrons. The summed E-state index contributed by atoms with van der Waals surface area (Å²) < 4.78 is 13.4. The lowest BCUT2D eigenvalue weighted by molar-refractivity contribution is 0.0791. The van der Waals surface area contributed by atoms with Crippen LogP contribution in [0.2, 0.25) is 0 Å². The quantitative estimate of drug-likeness (QED) is 0.699. The average molecular weight is 346 g/mol. The summed E-state index contributed by atoms with van der Waals surface area (Å²) >= 11 is 0. The third-order valence-corrected chi connectivity index (χ3v) is 4.92. The summed E-state index contributed by atoms with van der Waals surface area (Å²) in [5.41, 5.74) is 3.55. The Bertz CT molecular complexity index is 909. The van der Waals surface area contributed by atoms with Crippen LogP contribution in [-0.2, 0) is 0 Å². The molecule has 1 unspecified atom stereocenters. The molecule has 26 heavy (non-hydrogen) atoms. The van der Waals surface area contributed by atoms with Crippen LogP contribution in [0, 0.1) is 5.82 Å². The molecule has 1 aliphatic rings. The van der Waals surface area contributed by atoms with Gasteiger partial charge in [-0.05, 0) is 53.4 Å². The molecule has 0 spiro atoms. The molecule has 1 aromatic heterocycles. The first kappa shape index (κ1) is 16.5. The largest absolute Gasteiger partial charge is 0.338 e. The van der Waals surface area contributed by atoms with Crippen LogP contribution in [-0.4, -0.2) is 28.9 Å². The highest BCUT2D eigenvalue weighted by Gasteiger charge is 2.28. The third-order valence-electron chi connectivity index (χ3n) is 4.92. The summed E-state index contributed by atoms with van der Waals surface area (Å²) in [7, 11) is 0. The molecule has 4 heteroatoms. The molecule has 1 amide bonds. The van der Waals surface area contributed by atoms with Crippen molar-refractivity contribution in [3.05, 3.63) is 90.0 Å². The first-order valence-corrected chi connectivity index (χ1v) is 8.76. The highest BCUT2D eigenvalue weighted by Crippen LogP contribution is 2.28. The van der Waals surface area contributed by atoms with Crippen LogP contribution in [0.5, 0.6) is 0 Å². The minimum Gasteiger partial charge on any atom is -0.338 e.